The van der Waals surface area contributed by atoms with Crippen molar-refractivity contribution < 1.29 is 13.6 Å². The highest BCUT2D eigenvalue weighted by Crippen LogP contribution is 2.20. The van der Waals surface area contributed by atoms with Crippen LogP contribution in [0, 0.1) is 11.6 Å². The Balaban J connectivity index is 1.83. The molecule has 2 rings (SSSR count). The Morgan fingerprint density at radius 3 is 2.50 bits per heavy atom. The number of hydrogen-bond acceptors (Lipinski definition) is 2. The lowest BCUT2D eigenvalue weighted by Gasteiger charge is -2.18. The van der Waals surface area contributed by atoms with E-state index >= 15 is 0 Å². The first-order valence-corrected chi connectivity index (χ1v) is 7.04. The van der Waals surface area contributed by atoms with Crippen LogP contribution < -0.4 is 5.32 Å². The third kappa shape index (κ3) is 3.54. The predicted octanol–water partition coefficient (Wildman–Crippen LogP) is 2.63. The fourth-order valence-corrected chi connectivity index (χ4v) is 2.55. The number of nitrogens with one attached hydrogen (secondary N) is 1. The van der Waals surface area contributed by atoms with Crippen molar-refractivity contribution in [3.63, 3.8) is 0 Å². The predicted molar refractivity (Wildman–Crippen MR) is 73.2 cm³/mol. The highest BCUT2D eigenvalue weighted by atomic mass is 19.1. The third-order valence-corrected chi connectivity index (χ3v) is 3.68. The summed E-state index contributed by atoms with van der Waals surface area (Å²) in [6.45, 7) is 3.78. The van der Waals surface area contributed by atoms with Crippen molar-refractivity contribution in [1.29, 1.82) is 0 Å². The van der Waals surface area contributed by atoms with Gasteiger partial charge in [-0.25, -0.2) is 8.78 Å². The van der Waals surface area contributed by atoms with Crippen LogP contribution in [0.25, 0.3) is 0 Å². The minimum Gasteiger partial charge on any atom is -0.343 e. The van der Waals surface area contributed by atoms with E-state index in [1.807, 2.05) is 4.90 Å². The maximum absolute atomic E-state index is 13.6. The summed E-state index contributed by atoms with van der Waals surface area (Å²) in [7, 11) is 0. The SMILES string of the molecule is CC(NCCC(=O)N1CCCC1)c1c(F)cccc1F. The molecular formula is C15H20F2N2O. The van der Waals surface area contributed by atoms with Gasteiger partial charge in [0.25, 0.3) is 0 Å². The molecule has 1 N–H and O–H groups in total. The number of hydrogen-bond donors (Lipinski definition) is 1. The molecule has 0 bridgehead atoms. The first-order chi connectivity index (χ1) is 9.59. The van der Waals surface area contributed by atoms with E-state index in [4.69, 9.17) is 0 Å². The Bertz CT molecular complexity index is 453. The molecule has 1 aromatic carbocycles. The first-order valence-electron chi connectivity index (χ1n) is 7.04. The van der Waals surface area contributed by atoms with Gasteiger partial charge in [0.1, 0.15) is 11.6 Å². The molecule has 1 saturated heterocycles. The van der Waals surface area contributed by atoms with Gasteiger partial charge in [-0.3, -0.25) is 4.79 Å². The van der Waals surface area contributed by atoms with Crippen molar-refractivity contribution in [3.05, 3.63) is 35.4 Å². The molecule has 0 radical (unpaired) electrons. The van der Waals surface area contributed by atoms with Gasteiger partial charge >= 0.3 is 0 Å². The molecule has 1 aliphatic rings. The van der Waals surface area contributed by atoms with Gasteiger partial charge in [0.05, 0.1) is 0 Å². The van der Waals surface area contributed by atoms with Crippen molar-refractivity contribution in [1.82, 2.24) is 10.2 Å². The number of benzene rings is 1. The first kappa shape index (κ1) is 14.9. The van der Waals surface area contributed by atoms with Crippen molar-refractivity contribution in [2.75, 3.05) is 19.6 Å². The third-order valence-electron chi connectivity index (χ3n) is 3.68. The second kappa shape index (κ2) is 6.79. The molecule has 0 spiro atoms. The number of rotatable bonds is 5. The van der Waals surface area contributed by atoms with E-state index < -0.39 is 17.7 Å². The van der Waals surface area contributed by atoms with Crippen LogP contribution in [0.3, 0.4) is 0 Å². The number of amides is 1. The van der Waals surface area contributed by atoms with Gasteiger partial charge < -0.3 is 10.2 Å². The smallest absolute Gasteiger partial charge is 0.223 e. The Kier molecular flexibility index (Phi) is 5.06. The molecular weight excluding hydrogens is 262 g/mol. The summed E-state index contributed by atoms with van der Waals surface area (Å²) in [6.07, 6.45) is 2.49. The van der Waals surface area contributed by atoms with E-state index in [-0.39, 0.29) is 11.5 Å². The van der Waals surface area contributed by atoms with Crippen LogP contribution >= 0.6 is 0 Å². The van der Waals surface area contributed by atoms with Crippen LogP contribution in [0.15, 0.2) is 18.2 Å². The van der Waals surface area contributed by atoms with E-state index in [0.29, 0.717) is 13.0 Å². The summed E-state index contributed by atoms with van der Waals surface area (Å²) >= 11 is 0. The van der Waals surface area contributed by atoms with Gasteiger partial charge in [-0.1, -0.05) is 6.07 Å². The van der Waals surface area contributed by atoms with E-state index in [1.54, 1.807) is 6.92 Å². The minimum atomic E-state index is -0.559. The maximum atomic E-state index is 13.6. The van der Waals surface area contributed by atoms with Gasteiger partial charge in [0.2, 0.25) is 5.91 Å². The Labute approximate surface area is 118 Å². The maximum Gasteiger partial charge on any atom is 0.223 e. The average molecular weight is 282 g/mol. The molecule has 0 aliphatic carbocycles. The van der Waals surface area contributed by atoms with Crippen LogP contribution in [-0.2, 0) is 4.79 Å². The second-order valence-corrected chi connectivity index (χ2v) is 5.15. The zero-order valence-electron chi connectivity index (χ0n) is 11.7. The standard InChI is InChI=1S/C15H20F2N2O/c1-11(15-12(16)5-4-6-13(15)17)18-8-7-14(20)19-9-2-3-10-19/h4-6,11,18H,2-3,7-10H2,1H3. The minimum absolute atomic E-state index is 0.0288. The Morgan fingerprint density at radius 2 is 1.90 bits per heavy atom. The molecule has 1 heterocycles. The Hall–Kier alpha value is -1.49. The molecule has 20 heavy (non-hydrogen) atoms. The number of halogens is 2. The summed E-state index contributed by atoms with van der Waals surface area (Å²) in [5, 5.41) is 3.01. The van der Waals surface area contributed by atoms with Crippen LogP contribution in [0.2, 0.25) is 0 Å². The second-order valence-electron chi connectivity index (χ2n) is 5.15. The number of likely N-dealkylation sites (tertiary alicyclic amines) is 1. The fourth-order valence-electron chi connectivity index (χ4n) is 2.55. The lowest BCUT2D eigenvalue weighted by Crippen LogP contribution is -2.31. The summed E-state index contributed by atoms with van der Waals surface area (Å²) in [5.41, 5.74) is 0.0288. The number of carbonyl (C=O) groups is 1. The summed E-state index contributed by atoms with van der Waals surface area (Å²) in [4.78, 5) is 13.7. The molecule has 0 aromatic heterocycles. The van der Waals surface area contributed by atoms with E-state index in [9.17, 15) is 13.6 Å². The number of carbonyl (C=O) groups excluding carboxylic acids is 1. The van der Waals surface area contributed by atoms with Crippen molar-refractivity contribution >= 4 is 5.91 Å². The summed E-state index contributed by atoms with van der Waals surface area (Å²) < 4.78 is 27.2. The summed E-state index contributed by atoms with van der Waals surface area (Å²) in [5.74, 6) is -1.01. The normalized spacial score (nSPS) is 16.4. The van der Waals surface area contributed by atoms with Crippen LogP contribution in [-0.4, -0.2) is 30.4 Å². The molecule has 110 valence electrons. The lowest BCUT2D eigenvalue weighted by atomic mass is 10.1. The van der Waals surface area contributed by atoms with E-state index in [0.717, 1.165) is 25.9 Å². The van der Waals surface area contributed by atoms with Crippen LogP contribution in [0.4, 0.5) is 8.78 Å². The van der Waals surface area contributed by atoms with Crippen molar-refractivity contribution in [2.45, 2.75) is 32.2 Å². The average Bonchev–Trinajstić information content (AvgIpc) is 2.92. The van der Waals surface area contributed by atoms with Crippen molar-refractivity contribution in [2.24, 2.45) is 0 Å². The molecule has 1 fully saturated rings. The highest BCUT2D eigenvalue weighted by Gasteiger charge is 2.19. The molecule has 1 aromatic rings. The zero-order chi connectivity index (χ0) is 14.5. The van der Waals surface area contributed by atoms with E-state index in [2.05, 4.69) is 5.32 Å². The van der Waals surface area contributed by atoms with Crippen LogP contribution in [0.1, 0.15) is 37.8 Å². The molecule has 5 heteroatoms. The zero-order valence-corrected chi connectivity index (χ0v) is 11.7. The Morgan fingerprint density at radius 1 is 1.30 bits per heavy atom. The van der Waals surface area contributed by atoms with Gasteiger partial charge in [-0.05, 0) is 31.9 Å². The van der Waals surface area contributed by atoms with Gasteiger partial charge in [-0.15, -0.1) is 0 Å². The monoisotopic (exact) mass is 282 g/mol. The van der Waals surface area contributed by atoms with Gasteiger partial charge in [-0.2, -0.15) is 0 Å². The van der Waals surface area contributed by atoms with Crippen molar-refractivity contribution in [3.8, 4) is 0 Å². The topological polar surface area (TPSA) is 32.3 Å². The molecule has 1 unspecified atom stereocenters. The quantitative estimate of drug-likeness (QED) is 0.900. The fraction of sp³-hybridized carbons (Fsp3) is 0.533. The summed E-state index contributed by atoms with van der Waals surface area (Å²) in [6, 6.07) is 3.37. The molecule has 3 nitrogen and oxygen atoms in total. The van der Waals surface area contributed by atoms with Gasteiger partial charge in [0, 0.05) is 37.7 Å². The lowest BCUT2D eigenvalue weighted by molar-refractivity contribution is -0.130. The molecule has 1 aliphatic heterocycles. The van der Waals surface area contributed by atoms with Gasteiger partial charge in [0.15, 0.2) is 0 Å². The van der Waals surface area contributed by atoms with Crippen LogP contribution in [0.5, 0.6) is 0 Å². The van der Waals surface area contributed by atoms with E-state index in [1.165, 1.54) is 18.2 Å². The molecule has 1 amide bonds. The molecule has 1 atom stereocenters. The number of nitrogens with zero attached hydrogens (tertiary/aromatic N) is 1. The largest absolute Gasteiger partial charge is 0.343 e. The highest BCUT2D eigenvalue weighted by molar-refractivity contribution is 5.76. The molecule has 0 saturated carbocycles.